The van der Waals surface area contributed by atoms with E-state index in [0.717, 1.165) is 11.3 Å². The summed E-state index contributed by atoms with van der Waals surface area (Å²) in [5.74, 6) is -0.672. The number of carbonyl (C=O) groups is 1. The molecule has 0 fully saturated rings. The van der Waals surface area contributed by atoms with Gasteiger partial charge < -0.3 is 15.1 Å². The fourth-order valence-corrected chi connectivity index (χ4v) is 1.75. The molecule has 0 aliphatic rings. The highest BCUT2D eigenvalue weighted by Gasteiger charge is 2.16. The van der Waals surface area contributed by atoms with Crippen molar-refractivity contribution in [3.8, 4) is 0 Å². The van der Waals surface area contributed by atoms with E-state index in [2.05, 4.69) is 0 Å². The Kier molecular flexibility index (Phi) is 5.83. The molecule has 1 unspecified atom stereocenters. The van der Waals surface area contributed by atoms with E-state index in [1.165, 1.54) is 0 Å². The molecule has 0 aliphatic heterocycles. The number of carboxylic acids is 1. The van der Waals surface area contributed by atoms with Crippen LogP contribution in [0.5, 0.6) is 0 Å². The van der Waals surface area contributed by atoms with Gasteiger partial charge in [-0.2, -0.15) is 0 Å². The first kappa shape index (κ1) is 15.5. The first-order valence-electron chi connectivity index (χ1n) is 6.61. The Balaban J connectivity index is 2.78. The lowest BCUT2D eigenvalue weighted by Gasteiger charge is -2.28. The van der Waals surface area contributed by atoms with Crippen molar-refractivity contribution in [1.29, 1.82) is 0 Å². The fraction of sp³-hybridized carbons (Fsp3) is 0.533. The Morgan fingerprint density at radius 1 is 1.26 bits per heavy atom. The fourth-order valence-electron chi connectivity index (χ4n) is 1.75. The van der Waals surface area contributed by atoms with Crippen LogP contribution in [-0.4, -0.2) is 35.4 Å². The molecule has 1 atom stereocenters. The lowest BCUT2D eigenvalue weighted by atomic mass is 10.1. The normalized spacial score (nSPS) is 12.5. The SMILES string of the molecule is Cc1ccc(N(CCC(=O)O)CC(O)C(C)C)cc1. The quantitative estimate of drug-likeness (QED) is 0.794. The maximum Gasteiger partial charge on any atom is 0.305 e. The Morgan fingerprint density at radius 2 is 1.84 bits per heavy atom. The van der Waals surface area contributed by atoms with Crippen LogP contribution in [0.15, 0.2) is 24.3 Å². The van der Waals surface area contributed by atoms with Crippen molar-refractivity contribution >= 4 is 11.7 Å². The highest BCUT2D eigenvalue weighted by molar-refractivity contribution is 5.67. The first-order valence-corrected chi connectivity index (χ1v) is 6.61. The smallest absolute Gasteiger partial charge is 0.305 e. The zero-order valence-electron chi connectivity index (χ0n) is 11.8. The van der Waals surface area contributed by atoms with Crippen LogP contribution in [0.2, 0.25) is 0 Å². The number of hydrogen-bond acceptors (Lipinski definition) is 3. The first-order chi connectivity index (χ1) is 8.90. The molecule has 2 N–H and O–H groups in total. The number of aliphatic hydroxyl groups excluding tert-OH is 1. The number of aliphatic hydroxyl groups is 1. The van der Waals surface area contributed by atoms with Gasteiger partial charge in [-0.25, -0.2) is 0 Å². The van der Waals surface area contributed by atoms with Gasteiger partial charge in [0.15, 0.2) is 0 Å². The van der Waals surface area contributed by atoms with Crippen LogP contribution >= 0.6 is 0 Å². The predicted molar refractivity (Wildman–Crippen MR) is 76.5 cm³/mol. The molecule has 0 saturated heterocycles. The van der Waals surface area contributed by atoms with Gasteiger partial charge in [0.1, 0.15) is 0 Å². The lowest BCUT2D eigenvalue weighted by molar-refractivity contribution is -0.136. The maximum atomic E-state index is 10.7. The summed E-state index contributed by atoms with van der Waals surface area (Å²) < 4.78 is 0. The highest BCUT2D eigenvalue weighted by Crippen LogP contribution is 2.17. The van der Waals surface area contributed by atoms with Crippen LogP contribution in [0.1, 0.15) is 25.8 Å². The van der Waals surface area contributed by atoms with E-state index in [0.29, 0.717) is 13.1 Å². The van der Waals surface area contributed by atoms with Gasteiger partial charge in [-0.15, -0.1) is 0 Å². The largest absolute Gasteiger partial charge is 0.481 e. The molecule has 1 aromatic rings. The minimum absolute atomic E-state index is 0.0681. The van der Waals surface area contributed by atoms with E-state index in [1.54, 1.807) is 0 Å². The van der Waals surface area contributed by atoms with Crippen molar-refractivity contribution in [2.45, 2.75) is 33.3 Å². The second-order valence-electron chi connectivity index (χ2n) is 5.24. The summed E-state index contributed by atoms with van der Waals surface area (Å²) in [7, 11) is 0. The van der Waals surface area contributed by atoms with Gasteiger partial charge in [-0.1, -0.05) is 31.5 Å². The molecule has 0 amide bonds. The molecule has 0 aromatic heterocycles. The molecule has 0 bridgehead atoms. The van der Waals surface area contributed by atoms with Gasteiger partial charge in [-0.3, -0.25) is 4.79 Å². The van der Waals surface area contributed by atoms with Crippen molar-refractivity contribution in [3.05, 3.63) is 29.8 Å². The van der Waals surface area contributed by atoms with E-state index in [9.17, 15) is 9.90 Å². The number of rotatable bonds is 7. The number of aliphatic carboxylic acids is 1. The summed E-state index contributed by atoms with van der Waals surface area (Å²) in [5.41, 5.74) is 2.11. The summed E-state index contributed by atoms with van der Waals surface area (Å²) in [6.45, 7) is 6.77. The van der Waals surface area contributed by atoms with Crippen molar-refractivity contribution in [2.75, 3.05) is 18.0 Å². The molecular weight excluding hydrogens is 242 g/mol. The summed E-state index contributed by atoms with van der Waals surface area (Å²) in [4.78, 5) is 12.6. The number of benzene rings is 1. The zero-order valence-corrected chi connectivity index (χ0v) is 11.8. The lowest BCUT2D eigenvalue weighted by Crippen LogP contribution is -2.36. The van der Waals surface area contributed by atoms with Gasteiger partial charge in [0.25, 0.3) is 0 Å². The standard InChI is InChI=1S/C15H23NO3/c1-11(2)14(17)10-16(9-8-15(18)19)13-6-4-12(3)5-7-13/h4-7,11,14,17H,8-10H2,1-3H3,(H,18,19). The topological polar surface area (TPSA) is 60.8 Å². The van der Waals surface area contributed by atoms with Crippen LogP contribution in [0.3, 0.4) is 0 Å². The van der Waals surface area contributed by atoms with Crippen LogP contribution in [0.4, 0.5) is 5.69 Å². The Labute approximate surface area is 114 Å². The van der Waals surface area contributed by atoms with Gasteiger partial charge in [-0.05, 0) is 25.0 Å². The number of carboxylic acid groups (broad SMARTS) is 1. The van der Waals surface area contributed by atoms with Crippen LogP contribution in [0.25, 0.3) is 0 Å². The molecule has 0 heterocycles. The molecule has 19 heavy (non-hydrogen) atoms. The minimum atomic E-state index is -0.823. The van der Waals surface area contributed by atoms with Gasteiger partial charge in [0, 0.05) is 18.8 Å². The summed E-state index contributed by atoms with van der Waals surface area (Å²) in [6.07, 6.45) is -0.395. The summed E-state index contributed by atoms with van der Waals surface area (Å²) in [6, 6.07) is 7.91. The average molecular weight is 265 g/mol. The molecular formula is C15H23NO3. The molecule has 0 radical (unpaired) electrons. The Bertz CT molecular complexity index is 400. The predicted octanol–water partition coefficient (Wildman–Crippen LogP) is 2.29. The molecule has 0 spiro atoms. The van der Waals surface area contributed by atoms with Crippen molar-refractivity contribution in [3.63, 3.8) is 0 Å². The van der Waals surface area contributed by atoms with Crippen LogP contribution in [0, 0.1) is 12.8 Å². The second-order valence-corrected chi connectivity index (χ2v) is 5.24. The van der Waals surface area contributed by atoms with E-state index >= 15 is 0 Å². The monoisotopic (exact) mass is 265 g/mol. The molecule has 0 saturated carbocycles. The van der Waals surface area contributed by atoms with E-state index in [-0.39, 0.29) is 12.3 Å². The maximum absolute atomic E-state index is 10.7. The zero-order chi connectivity index (χ0) is 14.4. The third-order valence-corrected chi connectivity index (χ3v) is 3.17. The van der Waals surface area contributed by atoms with E-state index in [4.69, 9.17) is 5.11 Å². The average Bonchev–Trinajstić information content (AvgIpc) is 2.35. The Morgan fingerprint density at radius 3 is 2.32 bits per heavy atom. The minimum Gasteiger partial charge on any atom is -0.481 e. The molecule has 4 nitrogen and oxygen atoms in total. The number of aryl methyl sites for hydroxylation is 1. The number of hydrogen-bond donors (Lipinski definition) is 2. The van der Waals surface area contributed by atoms with E-state index in [1.807, 2.05) is 49.9 Å². The summed E-state index contributed by atoms with van der Waals surface area (Å²) >= 11 is 0. The molecule has 106 valence electrons. The van der Waals surface area contributed by atoms with Gasteiger partial charge in [0.2, 0.25) is 0 Å². The molecule has 0 aliphatic carbocycles. The number of nitrogens with zero attached hydrogens (tertiary/aromatic N) is 1. The van der Waals surface area contributed by atoms with Crippen molar-refractivity contribution in [2.24, 2.45) is 5.92 Å². The van der Waals surface area contributed by atoms with Gasteiger partial charge in [0.05, 0.1) is 12.5 Å². The van der Waals surface area contributed by atoms with Crippen LogP contribution < -0.4 is 4.90 Å². The number of anilines is 1. The third kappa shape index (κ3) is 5.30. The van der Waals surface area contributed by atoms with Crippen molar-refractivity contribution < 1.29 is 15.0 Å². The highest BCUT2D eigenvalue weighted by atomic mass is 16.4. The van der Waals surface area contributed by atoms with Crippen LogP contribution in [-0.2, 0) is 4.79 Å². The third-order valence-electron chi connectivity index (χ3n) is 3.17. The molecule has 1 aromatic carbocycles. The van der Waals surface area contributed by atoms with E-state index < -0.39 is 12.1 Å². The Hall–Kier alpha value is -1.55. The van der Waals surface area contributed by atoms with Gasteiger partial charge >= 0.3 is 5.97 Å². The molecule has 1 rings (SSSR count). The molecule has 4 heteroatoms. The second kappa shape index (κ2) is 7.14. The van der Waals surface area contributed by atoms with Crippen molar-refractivity contribution in [1.82, 2.24) is 0 Å². The summed E-state index contributed by atoms with van der Waals surface area (Å²) in [5, 5.41) is 18.8.